The molecule has 0 N–H and O–H groups in total. The molecule has 0 aromatic carbocycles. The van der Waals surface area contributed by atoms with Gasteiger partial charge in [-0.05, 0) is 43.0 Å². The van der Waals surface area contributed by atoms with Crippen molar-refractivity contribution in [2.45, 2.75) is 19.4 Å². The molecule has 0 saturated carbocycles. The minimum atomic E-state index is 0.0185. The van der Waals surface area contributed by atoms with Gasteiger partial charge in [-0.2, -0.15) is 0 Å². The maximum Gasteiger partial charge on any atom is 0.185 e. The van der Waals surface area contributed by atoms with E-state index >= 15 is 0 Å². The van der Waals surface area contributed by atoms with Crippen molar-refractivity contribution in [1.82, 2.24) is 19.9 Å². The molecule has 0 amide bonds. The van der Waals surface area contributed by atoms with Crippen LogP contribution in [0.3, 0.4) is 0 Å². The second kappa shape index (κ2) is 7.85. The molecule has 4 heterocycles. The van der Waals surface area contributed by atoms with E-state index in [1.165, 1.54) is 0 Å². The van der Waals surface area contributed by atoms with Gasteiger partial charge in [0.1, 0.15) is 5.69 Å². The second-order valence-electron chi connectivity index (χ2n) is 6.55. The Bertz CT molecular complexity index is 849. The minimum Gasteiger partial charge on any atom is -0.298 e. The number of aromatic nitrogens is 3. The highest BCUT2D eigenvalue weighted by atomic mass is 32.1. The van der Waals surface area contributed by atoms with Crippen molar-refractivity contribution in [3.63, 3.8) is 0 Å². The average molecular weight is 364 g/mol. The van der Waals surface area contributed by atoms with Crippen LogP contribution in [0.15, 0.2) is 54.3 Å². The molecule has 0 unspecified atom stereocenters. The van der Waals surface area contributed by atoms with Gasteiger partial charge < -0.3 is 0 Å². The highest BCUT2D eigenvalue weighted by Crippen LogP contribution is 2.23. The fraction of sp³-hybridized carbons (Fsp3) is 0.300. The summed E-state index contributed by atoms with van der Waals surface area (Å²) in [7, 11) is 0. The first-order valence-electron chi connectivity index (χ1n) is 8.82. The fourth-order valence-corrected chi connectivity index (χ4v) is 4.03. The zero-order valence-corrected chi connectivity index (χ0v) is 15.2. The summed E-state index contributed by atoms with van der Waals surface area (Å²) in [5, 5.41) is 2.03. The Morgan fingerprint density at radius 1 is 1.15 bits per heavy atom. The predicted molar refractivity (Wildman–Crippen MR) is 102 cm³/mol. The molecular weight excluding hydrogens is 344 g/mol. The summed E-state index contributed by atoms with van der Waals surface area (Å²) in [6.07, 6.45) is 7.43. The number of rotatable bonds is 5. The molecule has 1 saturated heterocycles. The summed E-state index contributed by atoms with van der Waals surface area (Å²) in [4.78, 5) is 29.2. The molecule has 0 radical (unpaired) electrons. The van der Waals surface area contributed by atoms with Crippen LogP contribution in [0, 0.1) is 5.92 Å². The van der Waals surface area contributed by atoms with Crippen LogP contribution in [-0.2, 0) is 6.54 Å². The van der Waals surface area contributed by atoms with Crippen LogP contribution in [0.2, 0.25) is 0 Å². The Morgan fingerprint density at radius 3 is 2.77 bits per heavy atom. The molecule has 1 aliphatic heterocycles. The van der Waals surface area contributed by atoms with Crippen molar-refractivity contribution < 1.29 is 4.79 Å². The first kappa shape index (κ1) is 17.0. The first-order chi connectivity index (χ1) is 12.8. The molecule has 4 rings (SSSR count). The molecule has 1 atom stereocenters. The highest BCUT2D eigenvalue weighted by molar-refractivity contribution is 7.13. The Balaban J connectivity index is 1.40. The zero-order valence-electron chi connectivity index (χ0n) is 14.4. The van der Waals surface area contributed by atoms with Gasteiger partial charge in [-0.3, -0.25) is 14.7 Å². The highest BCUT2D eigenvalue weighted by Gasteiger charge is 2.27. The largest absolute Gasteiger partial charge is 0.298 e. The first-order valence-corrected chi connectivity index (χ1v) is 9.70. The number of Topliss-reactive ketones (excluding diaryl/α,β-unsaturated/α-hetero) is 1. The summed E-state index contributed by atoms with van der Waals surface area (Å²) >= 11 is 1.64. The standard InChI is InChI=1S/C20H20N4OS/c25-19(17-6-1-2-8-21-17)16-5-3-9-24(14-16)13-15-11-22-20(23-12-15)18-7-4-10-26-18/h1-2,4,6-8,10-12,16H,3,5,9,13-14H2/t16-/m0/s1. The van der Waals surface area contributed by atoms with Crippen molar-refractivity contribution in [2.24, 2.45) is 5.92 Å². The normalized spacial score (nSPS) is 17.9. The Morgan fingerprint density at radius 2 is 2.04 bits per heavy atom. The molecule has 0 bridgehead atoms. The number of thiophene rings is 1. The molecule has 3 aromatic heterocycles. The molecule has 5 nitrogen and oxygen atoms in total. The number of ketones is 1. The van der Waals surface area contributed by atoms with Crippen LogP contribution in [0.25, 0.3) is 10.7 Å². The summed E-state index contributed by atoms with van der Waals surface area (Å²) in [6.45, 7) is 2.54. The number of carbonyl (C=O) groups is 1. The number of pyridine rings is 1. The number of carbonyl (C=O) groups excluding carboxylic acids is 1. The van der Waals surface area contributed by atoms with Gasteiger partial charge in [-0.25, -0.2) is 9.97 Å². The number of hydrogen-bond donors (Lipinski definition) is 0. The Kier molecular flexibility index (Phi) is 5.13. The van der Waals surface area contributed by atoms with Crippen molar-refractivity contribution in [3.8, 4) is 10.7 Å². The number of nitrogens with zero attached hydrogens (tertiary/aromatic N) is 4. The minimum absolute atomic E-state index is 0.0185. The van der Waals surface area contributed by atoms with Gasteiger partial charge in [-0.1, -0.05) is 12.1 Å². The lowest BCUT2D eigenvalue weighted by atomic mass is 9.92. The van der Waals surface area contributed by atoms with Gasteiger partial charge >= 0.3 is 0 Å². The molecule has 1 aliphatic rings. The van der Waals surface area contributed by atoms with Crippen LogP contribution < -0.4 is 0 Å². The second-order valence-corrected chi connectivity index (χ2v) is 7.49. The molecule has 3 aromatic rings. The Hall–Kier alpha value is -2.44. The van der Waals surface area contributed by atoms with Gasteiger partial charge in [0, 0.05) is 43.2 Å². The smallest absolute Gasteiger partial charge is 0.185 e. The summed E-state index contributed by atoms with van der Waals surface area (Å²) in [5.41, 5.74) is 1.65. The van der Waals surface area contributed by atoms with Crippen LogP contribution >= 0.6 is 11.3 Å². The molecule has 0 spiro atoms. The van der Waals surface area contributed by atoms with Crippen LogP contribution in [0.5, 0.6) is 0 Å². The van der Waals surface area contributed by atoms with Crippen molar-refractivity contribution in [2.75, 3.05) is 13.1 Å². The van der Waals surface area contributed by atoms with E-state index in [2.05, 4.69) is 19.9 Å². The van der Waals surface area contributed by atoms with E-state index in [4.69, 9.17) is 0 Å². The quantitative estimate of drug-likeness (QED) is 0.646. The molecule has 132 valence electrons. The van der Waals surface area contributed by atoms with E-state index in [9.17, 15) is 4.79 Å². The summed E-state index contributed by atoms with van der Waals surface area (Å²) in [6, 6.07) is 9.54. The molecular formula is C20H20N4OS. The Labute approximate surface area is 156 Å². The summed E-state index contributed by atoms with van der Waals surface area (Å²) < 4.78 is 0. The van der Waals surface area contributed by atoms with Gasteiger partial charge in [0.2, 0.25) is 0 Å². The van der Waals surface area contributed by atoms with Crippen LogP contribution in [0.1, 0.15) is 28.9 Å². The van der Waals surface area contributed by atoms with Gasteiger partial charge in [-0.15, -0.1) is 11.3 Å². The SMILES string of the molecule is O=C(c1ccccn1)[C@H]1CCCN(Cc2cnc(-c3cccs3)nc2)C1. The fourth-order valence-electron chi connectivity index (χ4n) is 3.36. The lowest BCUT2D eigenvalue weighted by Gasteiger charge is -2.31. The molecule has 0 aliphatic carbocycles. The van der Waals surface area contributed by atoms with Gasteiger partial charge in [0.25, 0.3) is 0 Å². The third-order valence-corrected chi connectivity index (χ3v) is 5.51. The van der Waals surface area contributed by atoms with E-state index in [-0.39, 0.29) is 11.7 Å². The number of hydrogen-bond acceptors (Lipinski definition) is 6. The summed E-state index contributed by atoms with van der Waals surface area (Å²) in [5.74, 6) is 0.940. The third-order valence-electron chi connectivity index (χ3n) is 4.65. The van der Waals surface area contributed by atoms with Crippen molar-refractivity contribution >= 4 is 17.1 Å². The van der Waals surface area contributed by atoms with E-state index in [0.29, 0.717) is 5.69 Å². The van der Waals surface area contributed by atoms with Crippen LogP contribution in [-0.4, -0.2) is 38.7 Å². The van der Waals surface area contributed by atoms with E-state index in [1.807, 2.05) is 42.0 Å². The topological polar surface area (TPSA) is 59.0 Å². The van der Waals surface area contributed by atoms with Gasteiger partial charge in [0.05, 0.1) is 4.88 Å². The maximum absolute atomic E-state index is 12.7. The lowest BCUT2D eigenvalue weighted by Crippen LogP contribution is -2.38. The average Bonchev–Trinajstić information content (AvgIpc) is 3.24. The van der Waals surface area contributed by atoms with Crippen molar-refractivity contribution in [3.05, 3.63) is 65.6 Å². The van der Waals surface area contributed by atoms with Gasteiger partial charge in [0.15, 0.2) is 11.6 Å². The van der Waals surface area contributed by atoms with E-state index in [1.54, 1.807) is 23.6 Å². The molecule has 26 heavy (non-hydrogen) atoms. The molecule has 1 fully saturated rings. The van der Waals surface area contributed by atoms with E-state index in [0.717, 1.165) is 48.7 Å². The van der Waals surface area contributed by atoms with Crippen molar-refractivity contribution in [1.29, 1.82) is 0 Å². The number of likely N-dealkylation sites (tertiary alicyclic amines) is 1. The third kappa shape index (κ3) is 3.86. The van der Waals surface area contributed by atoms with E-state index < -0.39 is 0 Å². The number of piperidine rings is 1. The zero-order chi connectivity index (χ0) is 17.8. The maximum atomic E-state index is 12.7. The lowest BCUT2D eigenvalue weighted by molar-refractivity contribution is 0.0806. The monoisotopic (exact) mass is 364 g/mol. The molecule has 6 heteroatoms. The predicted octanol–water partition coefficient (Wildman–Crippen LogP) is 3.70. The van der Waals surface area contributed by atoms with Crippen LogP contribution in [0.4, 0.5) is 0 Å².